The third-order valence-electron chi connectivity index (χ3n) is 4.44. The summed E-state index contributed by atoms with van der Waals surface area (Å²) in [6, 6.07) is 19.1. The van der Waals surface area contributed by atoms with Gasteiger partial charge in [0, 0.05) is 62.2 Å². The summed E-state index contributed by atoms with van der Waals surface area (Å²) in [5.41, 5.74) is 1.90. The number of para-hydroxylation sites is 1. The topological polar surface area (TPSA) is 38.3 Å². The van der Waals surface area contributed by atoms with Crippen LogP contribution in [0.15, 0.2) is 60.7 Å². The van der Waals surface area contributed by atoms with E-state index in [0.29, 0.717) is 5.69 Å². The van der Waals surface area contributed by atoms with Crippen molar-refractivity contribution in [2.75, 3.05) is 5.32 Å². The van der Waals surface area contributed by atoms with Crippen molar-refractivity contribution < 1.29 is 9.53 Å². The Labute approximate surface area is 181 Å². The highest BCUT2D eigenvalue weighted by Gasteiger charge is 2.26. The van der Waals surface area contributed by atoms with E-state index in [1.54, 1.807) is 0 Å². The molecule has 1 heterocycles. The van der Waals surface area contributed by atoms with Crippen LogP contribution in [0.1, 0.15) is 5.56 Å². The molecular weight excluding hydrogens is 346 g/mol. The number of hydrogen-bond donors (Lipinski definition) is 1. The van der Waals surface area contributed by atoms with Crippen LogP contribution < -0.4 is 5.32 Å². The van der Waals surface area contributed by atoms with Gasteiger partial charge in [-0.2, -0.15) is 0 Å². The minimum atomic E-state index is -0.469. The van der Waals surface area contributed by atoms with E-state index in [2.05, 4.69) is 24.6 Å². The molecule has 1 fully saturated rings. The van der Waals surface area contributed by atoms with Gasteiger partial charge in [0.05, 0.1) is 13.2 Å². The molecule has 0 aliphatic carbocycles. The molecule has 0 saturated carbocycles. The maximum absolute atomic E-state index is 12.5. The van der Waals surface area contributed by atoms with Gasteiger partial charge >= 0.3 is 6.09 Å². The van der Waals surface area contributed by atoms with E-state index in [9.17, 15) is 4.79 Å². The van der Waals surface area contributed by atoms with Gasteiger partial charge in [-0.15, -0.1) is 0 Å². The minimum Gasteiger partial charge on any atom is -0.457 e. The van der Waals surface area contributed by atoms with E-state index in [1.807, 2.05) is 112 Å². The Balaban J connectivity index is 1.68. The fourth-order valence-corrected chi connectivity index (χ4v) is 3.01. The second kappa shape index (κ2) is 12.8. The standard InChI is InChI=1S/C16H15B10NO2/c28-16(27-13-9-5-2-6-10-13)29-15-14(11-12-7-3-1-4-8-12)17-19-21-23-25-26-24-22-20-18-15/h1-10,14-15H,11H2,(H,27,28)/t14-,15-/m1/s1. The Morgan fingerprint density at radius 1 is 0.759 bits per heavy atom. The molecule has 1 saturated heterocycles. The van der Waals surface area contributed by atoms with Crippen LogP contribution in [0.4, 0.5) is 10.5 Å². The van der Waals surface area contributed by atoms with Crippen molar-refractivity contribution >= 4 is 82.6 Å². The highest BCUT2D eigenvalue weighted by Crippen LogP contribution is 2.20. The lowest BCUT2D eigenvalue weighted by Crippen LogP contribution is -2.43. The summed E-state index contributed by atoms with van der Waals surface area (Å²) in [7, 11) is 19.7. The lowest BCUT2D eigenvalue weighted by molar-refractivity contribution is 0.143. The second-order valence-corrected chi connectivity index (χ2v) is 6.64. The largest absolute Gasteiger partial charge is 0.457 e. The number of benzene rings is 2. The SMILES string of the molecule is O=C(Nc1ccccc1)O[C@H]1[B][B][B][B][B][B][B][B][B][B][C@@H]1Cc1ccccc1. The highest BCUT2D eigenvalue weighted by molar-refractivity contribution is 7.69. The van der Waals surface area contributed by atoms with Gasteiger partial charge in [0.2, 0.25) is 0 Å². The number of nitrogens with one attached hydrogen (secondary N) is 1. The van der Waals surface area contributed by atoms with E-state index in [0.717, 1.165) is 6.42 Å². The fraction of sp³-hybridized carbons (Fsp3) is 0.188. The van der Waals surface area contributed by atoms with E-state index < -0.39 is 12.1 Å². The summed E-state index contributed by atoms with van der Waals surface area (Å²) in [5, 5.41) is 2.80. The van der Waals surface area contributed by atoms with Crippen molar-refractivity contribution in [3.05, 3.63) is 66.2 Å². The molecule has 29 heavy (non-hydrogen) atoms. The Morgan fingerprint density at radius 2 is 1.31 bits per heavy atom. The summed E-state index contributed by atoms with van der Waals surface area (Å²) in [4.78, 5) is 12.5. The summed E-state index contributed by atoms with van der Waals surface area (Å²) >= 11 is 0. The zero-order chi connectivity index (χ0) is 20.2. The molecule has 1 amide bonds. The van der Waals surface area contributed by atoms with Gasteiger partial charge in [0.1, 0.15) is 7.17 Å². The van der Waals surface area contributed by atoms with Gasteiger partial charge in [0.15, 0.2) is 0 Å². The lowest BCUT2D eigenvalue weighted by Gasteiger charge is -2.28. The number of carbonyl (C=O) groups is 1. The van der Waals surface area contributed by atoms with Crippen molar-refractivity contribution in [3.8, 4) is 0 Å². The zero-order valence-electron chi connectivity index (χ0n) is 16.2. The van der Waals surface area contributed by atoms with Crippen LogP contribution in [0, 0.1) is 0 Å². The van der Waals surface area contributed by atoms with Gasteiger partial charge in [-0.05, 0) is 29.9 Å². The molecular formula is C16H15B10NO2. The molecule has 0 spiro atoms. The molecule has 1 aliphatic heterocycles. The van der Waals surface area contributed by atoms with E-state index in [1.165, 1.54) is 5.56 Å². The summed E-state index contributed by atoms with van der Waals surface area (Å²) in [5.74, 6) is -0.00312. The molecule has 1 N–H and O–H groups in total. The Morgan fingerprint density at radius 3 is 1.97 bits per heavy atom. The minimum absolute atomic E-state index is 0.00312. The molecule has 13 heteroatoms. The first-order valence-corrected chi connectivity index (χ1v) is 9.73. The molecule has 10 radical (unpaired) electrons. The summed E-state index contributed by atoms with van der Waals surface area (Å²) < 4.78 is 5.82. The average molecular weight is 361 g/mol. The first kappa shape index (κ1) is 22.1. The van der Waals surface area contributed by atoms with E-state index >= 15 is 0 Å². The Bertz CT molecular complexity index is 726. The van der Waals surface area contributed by atoms with Crippen LogP contribution in [0.5, 0.6) is 0 Å². The predicted octanol–water partition coefficient (Wildman–Crippen LogP) is -0.117. The van der Waals surface area contributed by atoms with Crippen LogP contribution in [0.2, 0.25) is 5.82 Å². The zero-order valence-corrected chi connectivity index (χ0v) is 16.2. The third-order valence-corrected chi connectivity index (χ3v) is 4.44. The van der Waals surface area contributed by atoms with Crippen molar-refractivity contribution in [1.29, 1.82) is 0 Å². The molecule has 2 aromatic carbocycles. The molecule has 0 bridgehead atoms. The Kier molecular flexibility index (Phi) is 9.75. The third kappa shape index (κ3) is 8.32. The van der Waals surface area contributed by atoms with Crippen LogP contribution in [0.3, 0.4) is 0 Å². The molecule has 1 aliphatic rings. The molecule has 0 aromatic heterocycles. The molecule has 2 aromatic rings. The monoisotopic (exact) mass is 363 g/mol. The normalized spacial score (nSPS) is 18.6. The lowest BCUT2D eigenvalue weighted by atomic mass is 8.87. The van der Waals surface area contributed by atoms with Crippen molar-refractivity contribution in [1.82, 2.24) is 0 Å². The molecule has 2 atom stereocenters. The molecule has 0 unspecified atom stereocenters. The maximum Gasteiger partial charge on any atom is 0.411 e. The van der Waals surface area contributed by atoms with Crippen molar-refractivity contribution in [2.45, 2.75) is 18.2 Å². The van der Waals surface area contributed by atoms with Crippen LogP contribution in [-0.4, -0.2) is 82.9 Å². The smallest absolute Gasteiger partial charge is 0.411 e. The highest BCUT2D eigenvalue weighted by atomic mass is 16.6. The quantitative estimate of drug-likeness (QED) is 0.772. The molecule has 126 valence electrons. The van der Waals surface area contributed by atoms with Crippen LogP contribution in [0.25, 0.3) is 0 Å². The van der Waals surface area contributed by atoms with Gasteiger partial charge < -0.3 is 4.74 Å². The fourth-order valence-electron chi connectivity index (χ4n) is 3.01. The van der Waals surface area contributed by atoms with Crippen LogP contribution in [-0.2, 0) is 11.2 Å². The maximum atomic E-state index is 12.5. The number of ether oxygens (including phenoxy) is 1. The summed E-state index contributed by atoms with van der Waals surface area (Å²) in [6.45, 7) is 0. The Hall–Kier alpha value is -1.64. The number of anilines is 1. The first-order valence-electron chi connectivity index (χ1n) is 9.73. The number of carbonyl (C=O) groups excluding carboxylic acids is 1. The number of rotatable bonds is 4. The van der Waals surface area contributed by atoms with E-state index in [-0.39, 0.29) is 5.82 Å². The van der Waals surface area contributed by atoms with Crippen molar-refractivity contribution in [2.24, 2.45) is 0 Å². The summed E-state index contributed by atoms with van der Waals surface area (Å²) in [6.07, 6.45) is 0.294. The second-order valence-electron chi connectivity index (χ2n) is 6.64. The van der Waals surface area contributed by atoms with Gasteiger partial charge in [0.25, 0.3) is 0 Å². The first-order chi connectivity index (χ1) is 14.3. The predicted molar refractivity (Wildman–Crippen MR) is 132 cm³/mol. The van der Waals surface area contributed by atoms with Crippen molar-refractivity contribution in [3.63, 3.8) is 0 Å². The number of amides is 1. The molecule has 3 nitrogen and oxygen atoms in total. The number of hydrogen-bond acceptors (Lipinski definition) is 2. The van der Waals surface area contributed by atoms with E-state index in [4.69, 9.17) is 4.74 Å². The van der Waals surface area contributed by atoms with Crippen LogP contribution >= 0.6 is 0 Å². The van der Waals surface area contributed by atoms with Gasteiger partial charge in [-0.3, -0.25) is 5.32 Å². The molecule has 3 rings (SSSR count). The average Bonchev–Trinajstić information content (AvgIpc) is 2.73. The van der Waals surface area contributed by atoms with Gasteiger partial charge in [-0.25, -0.2) is 4.79 Å². The van der Waals surface area contributed by atoms with Gasteiger partial charge in [-0.1, -0.05) is 48.5 Å².